The Balaban J connectivity index is 1.71. The number of carbonyl (C=O) groups excluding carboxylic acids is 1. The fraction of sp³-hybridized carbons (Fsp3) is 0.348. The number of nitriles is 1. The van der Waals surface area contributed by atoms with Crippen LogP contribution in [0.4, 0.5) is 5.69 Å². The van der Waals surface area contributed by atoms with Crippen molar-refractivity contribution in [3.63, 3.8) is 0 Å². The molecule has 1 aliphatic heterocycles. The number of hydrogen-bond donors (Lipinski definition) is 4. The predicted octanol–water partition coefficient (Wildman–Crippen LogP) is 2.98. The van der Waals surface area contributed by atoms with Crippen molar-refractivity contribution in [1.82, 2.24) is 10.6 Å². The zero-order chi connectivity index (χ0) is 22.2. The maximum Gasteiger partial charge on any atom is 0.251 e. The van der Waals surface area contributed by atoms with Gasteiger partial charge in [-0.05, 0) is 41.8 Å². The minimum atomic E-state index is -0.703. The lowest BCUT2D eigenvalue weighted by atomic mass is 9.99. The lowest BCUT2D eigenvalue weighted by molar-refractivity contribution is -0.132. The molecule has 0 aliphatic carbocycles. The standard InChI is InChI=1S/C23H26ClN5O2/c1-27-21-11-16(4-6-18(21)12-25)15-3-5-17(20(24)10-15)9-19(13-26)29-23(30)22-14-28-7-2-8-31-22/h3-6,10-12,19,22,25,27-28H,2,7-9,14H2,1H3,(H,29,30)/t19-,22-/m0/s1. The summed E-state index contributed by atoms with van der Waals surface area (Å²) in [7, 11) is 1.81. The van der Waals surface area contributed by atoms with Crippen LogP contribution in [0.15, 0.2) is 36.4 Å². The lowest BCUT2D eigenvalue weighted by Gasteiger charge is -2.18. The molecule has 4 N–H and O–H groups in total. The molecule has 0 radical (unpaired) electrons. The van der Waals surface area contributed by atoms with Crippen LogP contribution in [0.5, 0.6) is 0 Å². The van der Waals surface area contributed by atoms with Crippen LogP contribution < -0.4 is 16.0 Å². The maximum atomic E-state index is 12.5. The monoisotopic (exact) mass is 439 g/mol. The second-order valence-electron chi connectivity index (χ2n) is 7.31. The highest BCUT2D eigenvalue weighted by molar-refractivity contribution is 6.31. The van der Waals surface area contributed by atoms with Gasteiger partial charge in [-0.25, -0.2) is 0 Å². The largest absolute Gasteiger partial charge is 0.388 e. The Hall–Kier alpha value is -2.92. The highest BCUT2D eigenvalue weighted by Crippen LogP contribution is 2.29. The number of benzene rings is 2. The zero-order valence-electron chi connectivity index (χ0n) is 17.4. The summed E-state index contributed by atoms with van der Waals surface area (Å²) >= 11 is 6.51. The molecule has 2 aromatic rings. The molecule has 2 aromatic carbocycles. The van der Waals surface area contributed by atoms with E-state index in [1.165, 1.54) is 6.21 Å². The van der Waals surface area contributed by atoms with E-state index in [1.807, 2.05) is 43.4 Å². The Labute approximate surface area is 187 Å². The summed E-state index contributed by atoms with van der Waals surface area (Å²) in [6, 6.07) is 12.9. The van der Waals surface area contributed by atoms with E-state index in [4.69, 9.17) is 21.7 Å². The molecule has 0 unspecified atom stereocenters. The number of anilines is 1. The Morgan fingerprint density at radius 2 is 2.16 bits per heavy atom. The van der Waals surface area contributed by atoms with Crippen LogP contribution in [0.1, 0.15) is 17.5 Å². The fourth-order valence-corrected chi connectivity index (χ4v) is 3.73. The highest BCUT2D eigenvalue weighted by Gasteiger charge is 2.23. The van der Waals surface area contributed by atoms with E-state index in [9.17, 15) is 10.1 Å². The van der Waals surface area contributed by atoms with Crippen molar-refractivity contribution < 1.29 is 9.53 Å². The van der Waals surface area contributed by atoms with E-state index < -0.39 is 12.1 Å². The third-order valence-electron chi connectivity index (χ3n) is 5.20. The fourth-order valence-electron chi connectivity index (χ4n) is 3.47. The molecule has 2 atom stereocenters. The van der Waals surface area contributed by atoms with Gasteiger partial charge in [0.1, 0.15) is 12.1 Å². The number of ether oxygens (including phenoxy) is 1. The lowest BCUT2D eigenvalue weighted by Crippen LogP contribution is -2.46. The van der Waals surface area contributed by atoms with Crippen LogP contribution in [-0.2, 0) is 16.0 Å². The quantitative estimate of drug-likeness (QED) is 0.496. The minimum Gasteiger partial charge on any atom is -0.388 e. The second-order valence-corrected chi connectivity index (χ2v) is 7.72. The van der Waals surface area contributed by atoms with E-state index in [-0.39, 0.29) is 5.91 Å². The summed E-state index contributed by atoms with van der Waals surface area (Å²) in [6.45, 7) is 1.77. The Kier molecular flexibility index (Phi) is 8.01. The summed E-state index contributed by atoms with van der Waals surface area (Å²) in [4.78, 5) is 12.5. The smallest absolute Gasteiger partial charge is 0.251 e. The average molecular weight is 440 g/mol. The zero-order valence-corrected chi connectivity index (χ0v) is 18.1. The number of carbonyl (C=O) groups is 1. The Morgan fingerprint density at radius 3 is 2.87 bits per heavy atom. The van der Waals surface area contributed by atoms with Gasteiger partial charge in [0.05, 0.1) is 6.07 Å². The third-order valence-corrected chi connectivity index (χ3v) is 5.55. The van der Waals surface area contributed by atoms with Gasteiger partial charge in [-0.15, -0.1) is 0 Å². The highest BCUT2D eigenvalue weighted by atomic mass is 35.5. The number of halogens is 1. The van der Waals surface area contributed by atoms with Crippen molar-refractivity contribution in [1.29, 1.82) is 10.7 Å². The Morgan fingerprint density at radius 1 is 1.39 bits per heavy atom. The van der Waals surface area contributed by atoms with Gasteiger partial charge in [-0.3, -0.25) is 4.79 Å². The van der Waals surface area contributed by atoms with Crippen molar-refractivity contribution in [3.8, 4) is 17.2 Å². The molecular formula is C23H26ClN5O2. The van der Waals surface area contributed by atoms with E-state index in [2.05, 4.69) is 22.0 Å². The first-order valence-corrected chi connectivity index (χ1v) is 10.6. The molecule has 1 heterocycles. The van der Waals surface area contributed by atoms with Gasteiger partial charge in [0.15, 0.2) is 0 Å². The maximum absolute atomic E-state index is 12.5. The minimum absolute atomic E-state index is 0.292. The van der Waals surface area contributed by atoms with Gasteiger partial charge in [-0.1, -0.05) is 35.9 Å². The second kappa shape index (κ2) is 10.9. The molecule has 31 heavy (non-hydrogen) atoms. The van der Waals surface area contributed by atoms with Crippen molar-refractivity contribution in [2.24, 2.45) is 0 Å². The number of nitrogens with one attached hydrogen (secondary N) is 4. The molecular weight excluding hydrogens is 414 g/mol. The number of nitrogens with zero attached hydrogens (tertiary/aromatic N) is 1. The SMILES string of the molecule is CNc1cc(-c2ccc(C[C@@H](C#N)NC(=O)[C@@H]3CNCCCO3)c(Cl)c2)ccc1C=N. The van der Waals surface area contributed by atoms with Crippen LogP contribution in [0.3, 0.4) is 0 Å². The van der Waals surface area contributed by atoms with Crippen molar-refractivity contribution in [2.75, 3.05) is 32.1 Å². The molecule has 0 aromatic heterocycles. The van der Waals surface area contributed by atoms with Gasteiger partial charge in [0, 0.05) is 49.1 Å². The summed E-state index contributed by atoms with van der Waals surface area (Å²) in [5.74, 6) is -0.292. The van der Waals surface area contributed by atoms with Crippen molar-refractivity contribution in [2.45, 2.75) is 25.0 Å². The molecule has 1 fully saturated rings. The summed E-state index contributed by atoms with van der Waals surface area (Å²) < 4.78 is 5.56. The van der Waals surface area contributed by atoms with Crippen LogP contribution in [0, 0.1) is 16.7 Å². The first kappa shape index (κ1) is 22.8. The Bertz CT molecular complexity index is 980. The van der Waals surface area contributed by atoms with Crippen LogP contribution in [0.25, 0.3) is 11.1 Å². The van der Waals surface area contributed by atoms with Gasteiger partial charge < -0.3 is 26.1 Å². The molecule has 1 saturated heterocycles. The molecule has 0 bridgehead atoms. The molecule has 0 saturated carbocycles. The van der Waals surface area contributed by atoms with E-state index in [0.29, 0.717) is 24.6 Å². The third kappa shape index (κ3) is 5.82. The average Bonchev–Trinajstić information content (AvgIpc) is 3.09. The van der Waals surface area contributed by atoms with Gasteiger partial charge in [0.25, 0.3) is 5.91 Å². The molecule has 7 nitrogen and oxygen atoms in total. The number of rotatable bonds is 7. The molecule has 3 rings (SSSR count). The van der Waals surface area contributed by atoms with Gasteiger partial charge in [-0.2, -0.15) is 5.26 Å². The number of amides is 1. The topological polar surface area (TPSA) is 110 Å². The molecule has 162 valence electrons. The molecule has 1 aliphatic rings. The van der Waals surface area contributed by atoms with Crippen LogP contribution in [0.2, 0.25) is 5.02 Å². The van der Waals surface area contributed by atoms with E-state index in [0.717, 1.165) is 40.9 Å². The molecule has 1 amide bonds. The van der Waals surface area contributed by atoms with E-state index >= 15 is 0 Å². The molecule has 8 heteroatoms. The first-order valence-electron chi connectivity index (χ1n) is 10.2. The normalized spacial score (nSPS) is 17.1. The van der Waals surface area contributed by atoms with Crippen molar-refractivity contribution >= 4 is 29.4 Å². The van der Waals surface area contributed by atoms with Gasteiger partial charge in [0.2, 0.25) is 0 Å². The summed E-state index contributed by atoms with van der Waals surface area (Å²) in [5, 5.41) is 26.5. The molecule has 0 spiro atoms. The van der Waals surface area contributed by atoms with Crippen molar-refractivity contribution in [3.05, 3.63) is 52.5 Å². The van der Waals surface area contributed by atoms with Crippen LogP contribution >= 0.6 is 11.6 Å². The van der Waals surface area contributed by atoms with E-state index in [1.54, 1.807) is 0 Å². The predicted molar refractivity (Wildman–Crippen MR) is 123 cm³/mol. The van der Waals surface area contributed by atoms with Crippen LogP contribution in [-0.4, -0.2) is 51.0 Å². The summed E-state index contributed by atoms with van der Waals surface area (Å²) in [5.41, 5.74) is 4.33. The summed E-state index contributed by atoms with van der Waals surface area (Å²) in [6.07, 6.45) is 1.86. The first-order chi connectivity index (χ1) is 15.0. The number of hydrogen-bond acceptors (Lipinski definition) is 6. The van der Waals surface area contributed by atoms with Gasteiger partial charge >= 0.3 is 0 Å².